The number of thiophene rings is 1. The molecular formula is C10H15NO2S. The molecule has 0 fully saturated rings. The van der Waals surface area contributed by atoms with Gasteiger partial charge in [0.15, 0.2) is 0 Å². The minimum absolute atomic E-state index is 0.105. The highest BCUT2D eigenvalue weighted by molar-refractivity contribution is 7.14. The number of aliphatic hydroxyl groups excluding tert-OH is 1. The molecule has 0 aliphatic rings. The van der Waals surface area contributed by atoms with E-state index in [1.54, 1.807) is 6.92 Å². The van der Waals surface area contributed by atoms with E-state index in [9.17, 15) is 4.79 Å². The van der Waals surface area contributed by atoms with Crippen molar-refractivity contribution in [3.05, 3.63) is 21.4 Å². The van der Waals surface area contributed by atoms with Crippen LogP contribution in [0.4, 0.5) is 0 Å². The van der Waals surface area contributed by atoms with E-state index < -0.39 is 6.10 Å². The van der Waals surface area contributed by atoms with Crippen molar-refractivity contribution in [1.82, 2.24) is 5.32 Å². The van der Waals surface area contributed by atoms with Gasteiger partial charge in [-0.1, -0.05) is 0 Å². The molecule has 1 rings (SSSR count). The third-order valence-electron chi connectivity index (χ3n) is 1.95. The molecule has 1 aromatic heterocycles. The lowest BCUT2D eigenvalue weighted by molar-refractivity contribution is 0.0928. The topological polar surface area (TPSA) is 49.3 Å². The number of amides is 1. The highest BCUT2D eigenvalue weighted by Crippen LogP contribution is 2.20. The minimum atomic E-state index is -0.499. The van der Waals surface area contributed by atoms with E-state index in [1.807, 2.05) is 19.9 Å². The van der Waals surface area contributed by atoms with E-state index in [0.717, 1.165) is 10.4 Å². The summed E-state index contributed by atoms with van der Waals surface area (Å²) in [5, 5.41) is 11.7. The summed E-state index contributed by atoms with van der Waals surface area (Å²) in [7, 11) is 0. The molecule has 2 N–H and O–H groups in total. The van der Waals surface area contributed by atoms with E-state index >= 15 is 0 Å². The van der Waals surface area contributed by atoms with Crippen LogP contribution in [0.1, 0.15) is 27.0 Å². The van der Waals surface area contributed by atoms with Crippen LogP contribution in [0.5, 0.6) is 0 Å². The number of aliphatic hydroxyl groups is 1. The normalized spacial score (nSPS) is 12.6. The summed E-state index contributed by atoms with van der Waals surface area (Å²) in [4.78, 5) is 13.4. The summed E-state index contributed by atoms with van der Waals surface area (Å²) in [6.45, 7) is 5.92. The summed E-state index contributed by atoms with van der Waals surface area (Å²) < 4.78 is 0. The molecule has 3 nitrogen and oxygen atoms in total. The van der Waals surface area contributed by atoms with Crippen LogP contribution in [0.15, 0.2) is 6.07 Å². The third-order valence-corrected chi connectivity index (χ3v) is 3.10. The van der Waals surface area contributed by atoms with Crippen molar-refractivity contribution in [3.63, 3.8) is 0 Å². The van der Waals surface area contributed by atoms with Gasteiger partial charge in [-0.25, -0.2) is 0 Å². The Morgan fingerprint density at radius 3 is 2.71 bits per heavy atom. The lowest BCUT2D eigenvalue weighted by Crippen LogP contribution is -2.29. The number of hydrogen-bond donors (Lipinski definition) is 2. The van der Waals surface area contributed by atoms with E-state index in [-0.39, 0.29) is 5.91 Å². The minimum Gasteiger partial charge on any atom is -0.392 e. The van der Waals surface area contributed by atoms with Gasteiger partial charge < -0.3 is 10.4 Å². The number of carbonyl (C=O) groups is 1. The van der Waals surface area contributed by atoms with Crippen LogP contribution in [0.2, 0.25) is 0 Å². The maximum Gasteiger partial charge on any atom is 0.261 e. The van der Waals surface area contributed by atoms with Gasteiger partial charge in [0.1, 0.15) is 0 Å². The van der Waals surface area contributed by atoms with E-state index in [1.165, 1.54) is 11.3 Å². The molecule has 0 aromatic carbocycles. The second-order valence-electron chi connectivity index (χ2n) is 3.41. The Hall–Kier alpha value is -0.870. The van der Waals surface area contributed by atoms with Gasteiger partial charge in [0, 0.05) is 11.4 Å². The largest absolute Gasteiger partial charge is 0.392 e. The second kappa shape index (κ2) is 4.57. The van der Waals surface area contributed by atoms with Gasteiger partial charge in [-0.05, 0) is 32.4 Å². The zero-order valence-corrected chi connectivity index (χ0v) is 9.44. The van der Waals surface area contributed by atoms with E-state index in [4.69, 9.17) is 5.11 Å². The van der Waals surface area contributed by atoms with Crippen LogP contribution in [-0.2, 0) is 0 Å². The Labute approximate surface area is 87.8 Å². The van der Waals surface area contributed by atoms with Crippen molar-refractivity contribution in [2.45, 2.75) is 26.9 Å². The summed E-state index contributed by atoms with van der Waals surface area (Å²) in [6.07, 6.45) is -0.499. The van der Waals surface area contributed by atoms with Crippen LogP contribution in [0, 0.1) is 13.8 Å². The molecule has 0 aliphatic carbocycles. The van der Waals surface area contributed by atoms with Crippen molar-refractivity contribution in [2.75, 3.05) is 6.54 Å². The predicted octanol–water partition coefficient (Wildman–Crippen LogP) is 1.48. The molecule has 1 atom stereocenters. The van der Waals surface area contributed by atoms with Gasteiger partial charge in [-0.3, -0.25) is 4.79 Å². The van der Waals surface area contributed by atoms with Gasteiger partial charge in [0.05, 0.1) is 11.0 Å². The Morgan fingerprint density at radius 1 is 1.64 bits per heavy atom. The van der Waals surface area contributed by atoms with Crippen LogP contribution in [0.3, 0.4) is 0 Å². The molecule has 0 radical (unpaired) electrons. The molecule has 0 aliphatic heterocycles. The number of rotatable bonds is 3. The van der Waals surface area contributed by atoms with Crippen LogP contribution in [-0.4, -0.2) is 23.7 Å². The van der Waals surface area contributed by atoms with Crippen molar-refractivity contribution < 1.29 is 9.90 Å². The van der Waals surface area contributed by atoms with Crippen molar-refractivity contribution in [2.24, 2.45) is 0 Å². The van der Waals surface area contributed by atoms with Crippen LogP contribution < -0.4 is 5.32 Å². The van der Waals surface area contributed by atoms with Crippen molar-refractivity contribution >= 4 is 17.2 Å². The fourth-order valence-electron chi connectivity index (χ4n) is 1.01. The van der Waals surface area contributed by atoms with E-state index in [2.05, 4.69) is 5.32 Å². The smallest absolute Gasteiger partial charge is 0.261 e. The molecule has 1 aromatic rings. The first-order valence-electron chi connectivity index (χ1n) is 4.54. The zero-order valence-electron chi connectivity index (χ0n) is 8.63. The number of nitrogens with one attached hydrogen (secondary N) is 1. The average Bonchev–Trinajstić information content (AvgIpc) is 2.43. The maximum atomic E-state index is 11.5. The second-order valence-corrected chi connectivity index (χ2v) is 4.67. The maximum absolute atomic E-state index is 11.5. The Bertz CT molecular complexity index is 311. The Balaban J connectivity index is 2.61. The molecule has 0 unspecified atom stereocenters. The monoisotopic (exact) mass is 213 g/mol. The van der Waals surface area contributed by atoms with Crippen LogP contribution >= 0.6 is 11.3 Å². The number of aryl methyl sites for hydroxylation is 2. The van der Waals surface area contributed by atoms with Gasteiger partial charge in [0.25, 0.3) is 5.91 Å². The first-order chi connectivity index (χ1) is 6.50. The highest BCUT2D eigenvalue weighted by Gasteiger charge is 2.10. The molecule has 1 heterocycles. The molecule has 1 amide bonds. The lowest BCUT2D eigenvalue weighted by atomic mass is 10.3. The summed E-state index contributed by atoms with van der Waals surface area (Å²) >= 11 is 1.48. The van der Waals surface area contributed by atoms with Gasteiger partial charge in [-0.15, -0.1) is 11.3 Å². The molecule has 0 saturated heterocycles. The summed E-state index contributed by atoms with van der Waals surface area (Å²) in [6, 6.07) is 1.87. The molecule has 14 heavy (non-hydrogen) atoms. The Morgan fingerprint density at radius 2 is 2.29 bits per heavy atom. The fourth-order valence-corrected chi connectivity index (χ4v) is 1.96. The van der Waals surface area contributed by atoms with Crippen molar-refractivity contribution in [1.29, 1.82) is 0 Å². The summed E-state index contributed by atoms with van der Waals surface area (Å²) in [5.41, 5.74) is 1.14. The highest BCUT2D eigenvalue weighted by atomic mass is 32.1. The SMILES string of the molecule is Cc1cc(C(=O)NC[C@H](C)O)sc1C. The quantitative estimate of drug-likeness (QED) is 0.799. The molecule has 0 saturated carbocycles. The lowest BCUT2D eigenvalue weighted by Gasteiger charge is -2.04. The molecule has 0 spiro atoms. The van der Waals surface area contributed by atoms with Crippen molar-refractivity contribution in [3.8, 4) is 0 Å². The predicted molar refractivity (Wildman–Crippen MR) is 57.8 cm³/mol. The third kappa shape index (κ3) is 2.82. The number of carbonyl (C=O) groups excluding carboxylic acids is 1. The molecular weight excluding hydrogens is 198 g/mol. The van der Waals surface area contributed by atoms with E-state index in [0.29, 0.717) is 11.4 Å². The number of hydrogen-bond acceptors (Lipinski definition) is 3. The Kier molecular flexibility index (Phi) is 3.66. The zero-order chi connectivity index (χ0) is 10.7. The molecule has 78 valence electrons. The fraction of sp³-hybridized carbons (Fsp3) is 0.500. The van der Waals surface area contributed by atoms with Gasteiger partial charge >= 0.3 is 0 Å². The molecule has 4 heteroatoms. The van der Waals surface area contributed by atoms with Gasteiger partial charge in [-0.2, -0.15) is 0 Å². The van der Waals surface area contributed by atoms with Gasteiger partial charge in [0.2, 0.25) is 0 Å². The first kappa shape index (κ1) is 11.2. The van der Waals surface area contributed by atoms with Crippen LogP contribution in [0.25, 0.3) is 0 Å². The average molecular weight is 213 g/mol. The molecule has 0 bridgehead atoms. The summed E-state index contributed by atoms with van der Waals surface area (Å²) in [5.74, 6) is -0.105. The standard InChI is InChI=1S/C10H15NO2S/c1-6-4-9(14-8(6)3)10(13)11-5-7(2)12/h4,7,12H,5H2,1-3H3,(H,11,13)/t7-/m0/s1. The first-order valence-corrected chi connectivity index (χ1v) is 5.35.